The summed E-state index contributed by atoms with van der Waals surface area (Å²) in [5.41, 5.74) is 4.02. The molecule has 7 nitrogen and oxygen atoms in total. The number of hydrogen-bond acceptors (Lipinski definition) is 4. The molecule has 2 amide bonds. The van der Waals surface area contributed by atoms with Crippen LogP contribution in [0, 0.1) is 10.8 Å². The lowest BCUT2D eigenvalue weighted by atomic mass is 9.83. The molecule has 1 saturated heterocycles. The van der Waals surface area contributed by atoms with Crippen LogP contribution in [0.5, 0.6) is 0 Å². The van der Waals surface area contributed by atoms with E-state index < -0.39 is 0 Å². The Kier molecular flexibility index (Phi) is 6.02. The van der Waals surface area contributed by atoms with E-state index in [-0.39, 0.29) is 11.8 Å². The Morgan fingerprint density at radius 2 is 1.94 bits per heavy atom. The Balaban J connectivity index is 1.40. The number of carbonyl (C=O) groups excluding carboxylic acids is 2. The highest BCUT2D eigenvalue weighted by atomic mass is 16.8. The molecule has 1 N–H and O–H groups in total. The Hall–Kier alpha value is -3.22. The summed E-state index contributed by atoms with van der Waals surface area (Å²) in [6.45, 7) is 3.68. The minimum atomic E-state index is -0.0237. The lowest BCUT2D eigenvalue weighted by molar-refractivity contribution is -0.736. The minimum absolute atomic E-state index is 0.0237. The molecule has 2 aliphatic heterocycles. The molecular formula is C24H28N3O4+. The molecule has 0 bridgehead atoms. The Morgan fingerprint density at radius 3 is 2.68 bits per heavy atom. The molecule has 2 unspecified atom stereocenters. The predicted octanol–water partition coefficient (Wildman–Crippen LogP) is 4.20. The summed E-state index contributed by atoms with van der Waals surface area (Å²) in [4.78, 5) is 43.4. The molecule has 0 saturated carbocycles. The molecule has 2 aliphatic rings. The fourth-order valence-corrected chi connectivity index (χ4v) is 4.65. The van der Waals surface area contributed by atoms with Crippen molar-refractivity contribution in [3.63, 3.8) is 0 Å². The van der Waals surface area contributed by atoms with Gasteiger partial charge < -0.3 is 10.2 Å². The number of rotatable bonds is 5. The van der Waals surface area contributed by atoms with Gasteiger partial charge in [-0.1, -0.05) is 19.1 Å². The van der Waals surface area contributed by atoms with Gasteiger partial charge in [-0.15, -0.1) is 0 Å². The second-order valence-corrected chi connectivity index (χ2v) is 8.40. The Bertz CT molecular complexity index is 1000. The van der Waals surface area contributed by atoms with Gasteiger partial charge in [-0.2, -0.15) is 0 Å². The van der Waals surface area contributed by atoms with E-state index in [1.54, 1.807) is 18.2 Å². The van der Waals surface area contributed by atoms with Gasteiger partial charge in [-0.05, 0) is 60.4 Å². The first-order chi connectivity index (χ1) is 15.0. The van der Waals surface area contributed by atoms with Gasteiger partial charge in [0.2, 0.25) is 5.91 Å². The van der Waals surface area contributed by atoms with Crippen LogP contribution in [0.4, 0.5) is 11.4 Å². The molecule has 0 radical (unpaired) electrons. The number of nitrogens with one attached hydrogen (secondary N) is 1. The quantitative estimate of drug-likeness (QED) is 0.733. The van der Waals surface area contributed by atoms with Crippen LogP contribution in [0.15, 0.2) is 42.5 Å². The molecule has 2 aromatic rings. The Labute approximate surface area is 181 Å². The van der Waals surface area contributed by atoms with Crippen LogP contribution in [0.3, 0.4) is 0 Å². The van der Waals surface area contributed by atoms with Crippen molar-refractivity contribution >= 4 is 23.2 Å². The molecule has 2 heterocycles. The van der Waals surface area contributed by atoms with Crippen LogP contribution in [0.2, 0.25) is 0 Å². The summed E-state index contributed by atoms with van der Waals surface area (Å²) in [5.74, 6) is 0.819. The molecule has 31 heavy (non-hydrogen) atoms. The van der Waals surface area contributed by atoms with Gasteiger partial charge in [0.15, 0.2) is 7.11 Å². The summed E-state index contributed by atoms with van der Waals surface area (Å²) in [6, 6.07) is 13.0. The summed E-state index contributed by atoms with van der Waals surface area (Å²) in [5, 5.41) is 2.81. The number of likely N-dealkylation sites (tertiary alicyclic amines) is 1. The lowest BCUT2D eigenvalue weighted by Gasteiger charge is -2.24. The van der Waals surface area contributed by atoms with Crippen molar-refractivity contribution in [3.05, 3.63) is 64.1 Å². The van der Waals surface area contributed by atoms with Crippen LogP contribution in [0.25, 0.3) is 0 Å². The van der Waals surface area contributed by atoms with Crippen LogP contribution in [-0.2, 0) is 16.1 Å². The molecule has 1 fully saturated rings. The lowest BCUT2D eigenvalue weighted by Crippen LogP contribution is -2.32. The second-order valence-electron chi connectivity index (χ2n) is 8.40. The van der Waals surface area contributed by atoms with Crippen LogP contribution >= 0.6 is 0 Å². The maximum atomic E-state index is 13.1. The number of carbonyl (C=O) groups is 2. The average Bonchev–Trinajstić information content (AvgIpc) is 3.00. The van der Waals surface area contributed by atoms with E-state index in [1.165, 1.54) is 12.7 Å². The number of fused-ring (bicyclic) bond motifs is 1. The van der Waals surface area contributed by atoms with Crippen LogP contribution in [0.1, 0.15) is 53.6 Å². The van der Waals surface area contributed by atoms with E-state index in [2.05, 4.69) is 12.2 Å². The molecular weight excluding hydrogens is 394 g/mol. The van der Waals surface area contributed by atoms with Crippen molar-refractivity contribution in [1.29, 1.82) is 0 Å². The van der Waals surface area contributed by atoms with Crippen molar-refractivity contribution in [2.45, 2.75) is 38.5 Å². The highest BCUT2D eigenvalue weighted by Crippen LogP contribution is 2.33. The van der Waals surface area contributed by atoms with Crippen molar-refractivity contribution in [1.82, 2.24) is 4.90 Å². The van der Waals surface area contributed by atoms with E-state index >= 15 is 0 Å². The molecule has 2 aromatic carbocycles. The average molecular weight is 423 g/mol. The number of anilines is 1. The van der Waals surface area contributed by atoms with E-state index in [4.69, 9.17) is 4.84 Å². The van der Waals surface area contributed by atoms with Gasteiger partial charge in [0, 0.05) is 36.5 Å². The first-order valence-corrected chi connectivity index (χ1v) is 10.8. The van der Waals surface area contributed by atoms with Gasteiger partial charge in [0.25, 0.3) is 10.8 Å². The van der Waals surface area contributed by atoms with E-state index in [0.717, 1.165) is 43.6 Å². The van der Waals surface area contributed by atoms with Crippen molar-refractivity contribution in [2.24, 2.45) is 5.92 Å². The third-order valence-electron chi connectivity index (χ3n) is 6.54. The molecule has 0 aliphatic carbocycles. The Morgan fingerprint density at radius 1 is 1.16 bits per heavy atom. The standard InChI is InChI=1S/C24H27N3O4/c1-16(18-5-8-21(9-6-18)27(30)31-2)17-4-3-12-26(13-11-17)24(29)19-7-10-22-20(14-19)15-23(28)25-22/h5-10,14,16-17H,3-4,11-13,15H2,1-2H3/p+1. The normalized spacial score (nSPS) is 19.2. The van der Waals surface area contributed by atoms with Crippen LogP contribution < -0.4 is 5.32 Å². The fourth-order valence-electron chi connectivity index (χ4n) is 4.65. The summed E-state index contributed by atoms with van der Waals surface area (Å²) < 4.78 is 0. The topological polar surface area (TPSA) is 78.7 Å². The zero-order chi connectivity index (χ0) is 22.0. The summed E-state index contributed by atoms with van der Waals surface area (Å²) in [6.07, 6.45) is 3.29. The van der Waals surface area contributed by atoms with E-state index in [1.807, 2.05) is 29.2 Å². The highest BCUT2D eigenvalue weighted by Gasteiger charge is 2.27. The minimum Gasteiger partial charge on any atom is -0.339 e. The predicted molar refractivity (Wildman–Crippen MR) is 117 cm³/mol. The highest BCUT2D eigenvalue weighted by molar-refractivity contribution is 6.01. The van der Waals surface area contributed by atoms with Crippen molar-refractivity contribution < 1.29 is 19.3 Å². The zero-order valence-electron chi connectivity index (χ0n) is 18.0. The van der Waals surface area contributed by atoms with E-state index in [0.29, 0.717) is 34.4 Å². The molecule has 162 valence electrons. The van der Waals surface area contributed by atoms with Crippen molar-refractivity contribution in [3.8, 4) is 0 Å². The fraction of sp³-hybridized carbons (Fsp3) is 0.417. The molecule has 0 aromatic heterocycles. The van der Waals surface area contributed by atoms with Crippen LogP contribution in [-0.4, -0.2) is 41.8 Å². The van der Waals surface area contributed by atoms with Crippen molar-refractivity contribution in [2.75, 3.05) is 25.5 Å². The van der Waals surface area contributed by atoms with E-state index in [9.17, 15) is 14.5 Å². The molecule has 4 rings (SSSR count). The maximum Gasteiger partial charge on any atom is 0.316 e. The maximum absolute atomic E-state index is 13.1. The third-order valence-corrected chi connectivity index (χ3v) is 6.54. The van der Waals surface area contributed by atoms with Gasteiger partial charge in [0.1, 0.15) is 0 Å². The molecule has 2 atom stereocenters. The number of nitrogens with zero attached hydrogens (tertiary/aromatic N) is 2. The smallest absolute Gasteiger partial charge is 0.316 e. The summed E-state index contributed by atoms with van der Waals surface area (Å²) in [7, 11) is 1.35. The second kappa shape index (κ2) is 8.88. The first-order valence-electron chi connectivity index (χ1n) is 10.8. The first kappa shape index (κ1) is 21.0. The monoisotopic (exact) mass is 422 g/mol. The number of amides is 2. The molecule has 7 heteroatoms. The van der Waals surface area contributed by atoms with Gasteiger partial charge in [-0.25, -0.2) is 4.84 Å². The SMILES string of the molecule is CO[N+](=O)c1ccc(C(C)C2CCCN(C(=O)c3ccc4c(c3)CC(=O)N4)CC2)cc1. The van der Waals surface area contributed by atoms with Gasteiger partial charge in [0.05, 0.1) is 11.3 Å². The summed E-state index contributed by atoms with van der Waals surface area (Å²) >= 11 is 0. The number of hydrogen-bond donors (Lipinski definition) is 1. The largest absolute Gasteiger partial charge is 0.339 e. The molecule has 0 spiro atoms. The van der Waals surface area contributed by atoms with Gasteiger partial charge in [-0.3, -0.25) is 9.59 Å². The zero-order valence-corrected chi connectivity index (χ0v) is 18.0. The third kappa shape index (κ3) is 4.45. The number of benzene rings is 2. The van der Waals surface area contributed by atoms with Gasteiger partial charge >= 0.3 is 5.69 Å².